The molecule has 106 valence electrons. The van der Waals surface area contributed by atoms with E-state index in [2.05, 4.69) is 30.6 Å². The second-order valence-electron chi connectivity index (χ2n) is 4.51. The van der Waals surface area contributed by atoms with Crippen molar-refractivity contribution >= 4 is 11.0 Å². The first kappa shape index (κ1) is 12.3. The van der Waals surface area contributed by atoms with Crippen LogP contribution in [0.15, 0.2) is 52.1 Å². The van der Waals surface area contributed by atoms with Crippen molar-refractivity contribution in [2.24, 2.45) is 0 Å². The van der Waals surface area contributed by atoms with E-state index >= 15 is 0 Å². The maximum Gasteiger partial charge on any atom is 0.204 e. The molecular formula is C14H8N6O2. The summed E-state index contributed by atoms with van der Waals surface area (Å²) in [5, 5.41) is 14.1. The Morgan fingerprint density at radius 1 is 1.14 bits per heavy atom. The van der Waals surface area contributed by atoms with Crippen LogP contribution in [0, 0.1) is 0 Å². The predicted octanol–water partition coefficient (Wildman–Crippen LogP) is 1.43. The molecule has 0 aliphatic rings. The lowest BCUT2D eigenvalue weighted by Crippen LogP contribution is -2.01. The van der Waals surface area contributed by atoms with Gasteiger partial charge in [-0.2, -0.15) is 5.21 Å². The molecule has 8 heteroatoms. The van der Waals surface area contributed by atoms with Crippen molar-refractivity contribution in [2.75, 3.05) is 0 Å². The molecule has 0 aliphatic heterocycles. The fraction of sp³-hybridized carbons (Fsp3) is 0. The van der Waals surface area contributed by atoms with E-state index in [1.165, 1.54) is 12.3 Å². The van der Waals surface area contributed by atoms with Gasteiger partial charge >= 0.3 is 0 Å². The highest BCUT2D eigenvalue weighted by atomic mass is 16.3. The molecule has 0 saturated heterocycles. The molecule has 0 aliphatic carbocycles. The predicted molar refractivity (Wildman–Crippen MR) is 76.7 cm³/mol. The Morgan fingerprint density at radius 2 is 2.09 bits per heavy atom. The molecular weight excluding hydrogens is 284 g/mol. The Bertz CT molecular complexity index is 995. The largest absolute Gasteiger partial charge is 0.454 e. The molecule has 4 aromatic rings. The van der Waals surface area contributed by atoms with Crippen molar-refractivity contribution in [2.45, 2.75) is 0 Å². The SMILES string of the molecule is O=c1cc(-c2cnccn2)oc2ccc(-c3nn[nH]n3)cc12. The van der Waals surface area contributed by atoms with Gasteiger partial charge in [-0.3, -0.25) is 9.78 Å². The van der Waals surface area contributed by atoms with Crippen LogP contribution in [0.5, 0.6) is 0 Å². The summed E-state index contributed by atoms with van der Waals surface area (Å²) in [6.45, 7) is 0. The molecule has 1 N–H and O–H groups in total. The van der Waals surface area contributed by atoms with E-state index in [1.54, 1.807) is 30.6 Å². The van der Waals surface area contributed by atoms with Crippen LogP contribution in [-0.2, 0) is 0 Å². The number of tetrazole rings is 1. The van der Waals surface area contributed by atoms with Gasteiger partial charge in [-0.25, -0.2) is 4.98 Å². The van der Waals surface area contributed by atoms with E-state index in [-0.39, 0.29) is 5.43 Å². The van der Waals surface area contributed by atoms with Crippen molar-refractivity contribution in [1.82, 2.24) is 30.6 Å². The van der Waals surface area contributed by atoms with Gasteiger partial charge in [0, 0.05) is 24.0 Å². The van der Waals surface area contributed by atoms with Crippen molar-refractivity contribution in [3.63, 3.8) is 0 Å². The molecule has 4 rings (SSSR count). The Kier molecular flexibility index (Phi) is 2.72. The van der Waals surface area contributed by atoms with Crippen LogP contribution < -0.4 is 5.43 Å². The summed E-state index contributed by atoms with van der Waals surface area (Å²) in [5.41, 5.74) is 1.47. The quantitative estimate of drug-likeness (QED) is 0.595. The van der Waals surface area contributed by atoms with E-state index in [0.717, 1.165) is 0 Å². The van der Waals surface area contributed by atoms with Gasteiger partial charge in [0.25, 0.3) is 0 Å². The van der Waals surface area contributed by atoms with Crippen LogP contribution in [0.4, 0.5) is 0 Å². The average molecular weight is 292 g/mol. The maximum atomic E-state index is 12.3. The number of nitrogens with zero attached hydrogens (tertiary/aromatic N) is 5. The van der Waals surface area contributed by atoms with Crippen molar-refractivity contribution in [3.8, 4) is 22.8 Å². The third kappa shape index (κ3) is 2.03. The number of hydrogen-bond donors (Lipinski definition) is 1. The van der Waals surface area contributed by atoms with Gasteiger partial charge in [0.15, 0.2) is 11.2 Å². The number of benzene rings is 1. The summed E-state index contributed by atoms with van der Waals surface area (Å²) in [6, 6.07) is 6.53. The Morgan fingerprint density at radius 3 is 2.86 bits per heavy atom. The molecule has 0 amide bonds. The molecule has 22 heavy (non-hydrogen) atoms. The zero-order valence-corrected chi connectivity index (χ0v) is 11.1. The molecule has 8 nitrogen and oxygen atoms in total. The van der Waals surface area contributed by atoms with Crippen LogP contribution >= 0.6 is 0 Å². The lowest BCUT2D eigenvalue weighted by Gasteiger charge is -2.03. The molecule has 0 unspecified atom stereocenters. The van der Waals surface area contributed by atoms with Crippen LogP contribution in [0.3, 0.4) is 0 Å². The summed E-state index contributed by atoms with van der Waals surface area (Å²) >= 11 is 0. The summed E-state index contributed by atoms with van der Waals surface area (Å²) in [6.07, 6.45) is 4.64. The molecule has 0 bridgehead atoms. The van der Waals surface area contributed by atoms with E-state index in [0.29, 0.717) is 33.8 Å². The molecule has 1 aromatic carbocycles. The fourth-order valence-corrected chi connectivity index (χ4v) is 2.13. The van der Waals surface area contributed by atoms with E-state index in [4.69, 9.17) is 4.42 Å². The maximum absolute atomic E-state index is 12.3. The van der Waals surface area contributed by atoms with Gasteiger partial charge in [0.2, 0.25) is 5.82 Å². The average Bonchev–Trinajstić information content (AvgIpc) is 3.10. The second-order valence-corrected chi connectivity index (χ2v) is 4.51. The number of rotatable bonds is 2. The molecule has 0 spiro atoms. The van der Waals surface area contributed by atoms with Crippen LogP contribution in [0.25, 0.3) is 33.8 Å². The fourth-order valence-electron chi connectivity index (χ4n) is 2.13. The van der Waals surface area contributed by atoms with Gasteiger partial charge in [-0.05, 0) is 23.4 Å². The molecule has 0 saturated carbocycles. The molecule has 0 atom stereocenters. The first-order chi connectivity index (χ1) is 10.8. The van der Waals surface area contributed by atoms with Gasteiger partial charge in [-0.15, -0.1) is 10.2 Å². The zero-order chi connectivity index (χ0) is 14.9. The Balaban J connectivity index is 1.90. The van der Waals surface area contributed by atoms with Crippen LogP contribution in [0.1, 0.15) is 0 Å². The van der Waals surface area contributed by atoms with Gasteiger partial charge < -0.3 is 4.42 Å². The third-order valence-electron chi connectivity index (χ3n) is 3.15. The monoisotopic (exact) mass is 292 g/mol. The minimum Gasteiger partial charge on any atom is -0.454 e. The van der Waals surface area contributed by atoms with Crippen molar-refractivity contribution in [3.05, 3.63) is 53.1 Å². The number of aromatic amines is 1. The zero-order valence-electron chi connectivity index (χ0n) is 11.1. The number of nitrogens with one attached hydrogen (secondary N) is 1. The van der Waals surface area contributed by atoms with Crippen molar-refractivity contribution < 1.29 is 4.42 Å². The molecule has 0 radical (unpaired) electrons. The number of H-pyrrole nitrogens is 1. The minimum atomic E-state index is -0.174. The molecule has 0 fully saturated rings. The molecule has 3 aromatic heterocycles. The number of hydrogen-bond acceptors (Lipinski definition) is 7. The van der Waals surface area contributed by atoms with E-state index < -0.39 is 0 Å². The topological polar surface area (TPSA) is 110 Å². The van der Waals surface area contributed by atoms with E-state index in [1.807, 2.05) is 0 Å². The number of aromatic nitrogens is 6. The molecule has 3 heterocycles. The highest BCUT2D eigenvalue weighted by Crippen LogP contribution is 2.23. The normalized spacial score (nSPS) is 10.9. The second kappa shape index (κ2) is 4.85. The van der Waals surface area contributed by atoms with Gasteiger partial charge in [-0.1, -0.05) is 0 Å². The summed E-state index contributed by atoms with van der Waals surface area (Å²) in [7, 11) is 0. The Hall–Kier alpha value is -3.42. The summed E-state index contributed by atoms with van der Waals surface area (Å²) in [5.74, 6) is 0.789. The number of fused-ring (bicyclic) bond motifs is 1. The minimum absolute atomic E-state index is 0.174. The van der Waals surface area contributed by atoms with E-state index in [9.17, 15) is 4.79 Å². The van der Waals surface area contributed by atoms with Crippen LogP contribution in [0.2, 0.25) is 0 Å². The first-order valence-corrected chi connectivity index (χ1v) is 6.39. The highest BCUT2D eigenvalue weighted by molar-refractivity contribution is 5.82. The van der Waals surface area contributed by atoms with Gasteiger partial charge in [0.05, 0.1) is 11.6 Å². The van der Waals surface area contributed by atoms with Crippen LogP contribution in [-0.4, -0.2) is 30.6 Å². The smallest absolute Gasteiger partial charge is 0.204 e. The summed E-state index contributed by atoms with van der Waals surface area (Å²) in [4.78, 5) is 20.4. The lowest BCUT2D eigenvalue weighted by atomic mass is 10.1. The first-order valence-electron chi connectivity index (χ1n) is 6.39. The Labute approximate surface area is 122 Å². The highest BCUT2D eigenvalue weighted by Gasteiger charge is 2.10. The van der Waals surface area contributed by atoms with Gasteiger partial charge in [0.1, 0.15) is 11.3 Å². The lowest BCUT2D eigenvalue weighted by molar-refractivity contribution is 0.615. The van der Waals surface area contributed by atoms with Crippen molar-refractivity contribution in [1.29, 1.82) is 0 Å². The standard InChI is InChI=1S/C14H8N6O2/c21-11-6-13(10-7-15-3-4-16-10)22-12-2-1-8(5-9(11)12)14-17-19-20-18-14/h1-7H,(H,17,18,19,20). The summed E-state index contributed by atoms with van der Waals surface area (Å²) < 4.78 is 5.73. The third-order valence-corrected chi connectivity index (χ3v) is 3.15.